The Morgan fingerprint density at radius 3 is 1.92 bits per heavy atom. The van der Waals surface area contributed by atoms with Crippen LogP contribution in [0.1, 0.15) is 20.7 Å². The summed E-state index contributed by atoms with van der Waals surface area (Å²) >= 11 is 0. The average molecular weight is 352 g/mol. The van der Waals surface area contributed by atoms with Gasteiger partial charge in [-0.25, -0.2) is 9.59 Å². The zero-order valence-corrected chi connectivity index (χ0v) is 14.2. The van der Waals surface area contributed by atoms with Gasteiger partial charge in [0.2, 0.25) is 0 Å². The second-order valence-corrected chi connectivity index (χ2v) is 5.32. The quantitative estimate of drug-likeness (QED) is 0.583. The van der Waals surface area contributed by atoms with Crippen molar-refractivity contribution in [3.8, 4) is 0 Å². The van der Waals surface area contributed by atoms with Crippen LogP contribution in [-0.2, 0) is 9.47 Å². The van der Waals surface area contributed by atoms with Crippen LogP contribution in [0.15, 0.2) is 84.5 Å². The summed E-state index contributed by atoms with van der Waals surface area (Å²) in [4.78, 5) is 23.6. The molecule has 0 aromatic heterocycles. The Balaban J connectivity index is 1.76. The zero-order valence-electron chi connectivity index (χ0n) is 14.2. The number of esters is 2. The number of hydrogen-bond acceptors (Lipinski definition) is 5. The summed E-state index contributed by atoms with van der Waals surface area (Å²) in [5.41, 5.74) is 1.47. The summed E-state index contributed by atoms with van der Waals surface area (Å²) in [6.45, 7) is -0.151. The molecule has 26 heavy (non-hydrogen) atoms. The van der Waals surface area contributed by atoms with E-state index in [2.05, 4.69) is 0 Å². The van der Waals surface area contributed by atoms with E-state index < -0.39 is 11.9 Å². The van der Waals surface area contributed by atoms with Gasteiger partial charge in [-0.05, 0) is 35.9 Å². The molecular weight excluding hydrogens is 332 g/mol. The number of carbonyl (C=O) groups is 2. The number of rotatable bonds is 8. The predicted octanol–water partition coefficient (Wildman–Crippen LogP) is 3.18. The number of carbonyl (C=O) groups excluding carboxylic acids is 2. The van der Waals surface area contributed by atoms with Gasteiger partial charge in [-0.15, -0.1) is 0 Å². The summed E-state index contributed by atoms with van der Waals surface area (Å²) in [6, 6.07) is 17.3. The number of aliphatic hydroxyl groups excluding tert-OH is 1. The van der Waals surface area contributed by atoms with E-state index in [1.807, 2.05) is 12.1 Å². The normalized spacial score (nSPS) is 11.3. The highest BCUT2D eigenvalue weighted by molar-refractivity contribution is 5.89. The fourth-order valence-electron chi connectivity index (χ4n) is 2.00. The zero-order chi connectivity index (χ0) is 18.6. The van der Waals surface area contributed by atoms with Crippen LogP contribution in [-0.4, -0.2) is 36.9 Å². The van der Waals surface area contributed by atoms with Gasteiger partial charge in [0.1, 0.15) is 13.2 Å². The lowest BCUT2D eigenvalue weighted by molar-refractivity contribution is 0.0526. The van der Waals surface area contributed by atoms with Gasteiger partial charge >= 0.3 is 11.9 Å². The first-order chi connectivity index (χ1) is 12.7. The number of benzene rings is 2. The van der Waals surface area contributed by atoms with Crippen LogP contribution < -0.4 is 0 Å². The van der Waals surface area contributed by atoms with Crippen molar-refractivity contribution in [2.24, 2.45) is 0 Å². The van der Waals surface area contributed by atoms with Crippen molar-refractivity contribution in [2.45, 2.75) is 0 Å². The van der Waals surface area contributed by atoms with Crippen molar-refractivity contribution >= 4 is 11.9 Å². The van der Waals surface area contributed by atoms with Gasteiger partial charge in [-0.2, -0.15) is 0 Å². The summed E-state index contributed by atoms with van der Waals surface area (Å²) in [7, 11) is 0. The summed E-state index contributed by atoms with van der Waals surface area (Å²) in [5.74, 6) is -0.857. The highest BCUT2D eigenvalue weighted by Crippen LogP contribution is 2.04. The van der Waals surface area contributed by atoms with Crippen LogP contribution in [0.5, 0.6) is 0 Å². The van der Waals surface area contributed by atoms with Crippen LogP contribution in [0.4, 0.5) is 0 Å². The molecule has 0 spiro atoms. The van der Waals surface area contributed by atoms with Crippen LogP contribution in [0.3, 0.4) is 0 Å². The molecule has 0 fully saturated rings. The standard InChI is InChI=1S/C21H20O5/c22-15-17(16-26-21(24)19-12-5-2-6-13-19)9-7-8-14-25-20(23)18-10-3-1-4-11-18/h1-13,22H,14-16H2. The molecule has 0 amide bonds. The Labute approximate surface area is 152 Å². The minimum absolute atomic E-state index is 0.0155. The van der Waals surface area contributed by atoms with E-state index in [1.165, 1.54) is 0 Å². The molecule has 0 aliphatic carbocycles. The van der Waals surface area contributed by atoms with Gasteiger partial charge in [0.05, 0.1) is 17.7 Å². The van der Waals surface area contributed by atoms with E-state index in [4.69, 9.17) is 9.47 Å². The molecule has 0 aliphatic rings. The number of allylic oxidation sites excluding steroid dienone is 2. The van der Waals surface area contributed by atoms with Gasteiger partial charge in [-0.3, -0.25) is 0 Å². The molecule has 0 heterocycles. The second-order valence-electron chi connectivity index (χ2n) is 5.32. The molecule has 0 aliphatic heterocycles. The van der Waals surface area contributed by atoms with Gasteiger partial charge in [-0.1, -0.05) is 48.6 Å². The second kappa shape index (κ2) is 10.6. The number of aliphatic hydroxyl groups is 1. The van der Waals surface area contributed by atoms with E-state index >= 15 is 0 Å². The SMILES string of the molecule is O=C(OCC=CC=C(CO)COC(=O)c1ccccc1)c1ccccc1. The van der Waals surface area contributed by atoms with Crippen molar-refractivity contribution in [3.05, 3.63) is 95.6 Å². The van der Waals surface area contributed by atoms with E-state index in [-0.39, 0.29) is 19.8 Å². The smallest absolute Gasteiger partial charge is 0.338 e. The number of ether oxygens (including phenoxy) is 2. The topological polar surface area (TPSA) is 72.8 Å². The maximum Gasteiger partial charge on any atom is 0.338 e. The Kier molecular flexibility index (Phi) is 7.83. The maximum atomic E-state index is 11.8. The van der Waals surface area contributed by atoms with Gasteiger partial charge < -0.3 is 14.6 Å². The molecule has 0 unspecified atom stereocenters. The van der Waals surface area contributed by atoms with Crippen LogP contribution in [0.2, 0.25) is 0 Å². The Morgan fingerprint density at radius 1 is 0.846 bits per heavy atom. The van der Waals surface area contributed by atoms with Crippen molar-refractivity contribution in [2.75, 3.05) is 19.8 Å². The molecule has 0 saturated heterocycles. The van der Waals surface area contributed by atoms with E-state index in [9.17, 15) is 14.7 Å². The lowest BCUT2D eigenvalue weighted by atomic mass is 10.2. The number of hydrogen-bond donors (Lipinski definition) is 1. The summed E-state index contributed by atoms with van der Waals surface area (Å²) in [6.07, 6.45) is 4.89. The van der Waals surface area contributed by atoms with Crippen LogP contribution in [0.25, 0.3) is 0 Å². The monoisotopic (exact) mass is 352 g/mol. The van der Waals surface area contributed by atoms with E-state index in [0.717, 1.165) is 0 Å². The third-order valence-corrected chi connectivity index (χ3v) is 3.39. The van der Waals surface area contributed by atoms with Crippen molar-refractivity contribution in [3.63, 3.8) is 0 Å². The molecule has 2 aromatic rings. The largest absolute Gasteiger partial charge is 0.458 e. The molecule has 0 radical (unpaired) electrons. The first-order valence-electron chi connectivity index (χ1n) is 8.10. The molecule has 5 heteroatoms. The molecule has 2 aromatic carbocycles. The summed E-state index contributed by atoms with van der Waals surface area (Å²) < 4.78 is 10.2. The molecule has 134 valence electrons. The first-order valence-corrected chi connectivity index (χ1v) is 8.10. The molecule has 2 rings (SSSR count). The van der Waals surface area contributed by atoms with Gasteiger partial charge in [0.15, 0.2) is 0 Å². The maximum absolute atomic E-state index is 11.8. The van der Waals surface area contributed by atoms with Crippen LogP contribution >= 0.6 is 0 Å². The minimum Gasteiger partial charge on any atom is -0.458 e. The lowest BCUT2D eigenvalue weighted by Gasteiger charge is -2.06. The van der Waals surface area contributed by atoms with Gasteiger partial charge in [0.25, 0.3) is 0 Å². The molecule has 0 atom stereocenters. The summed E-state index contributed by atoms with van der Waals surface area (Å²) in [5, 5.41) is 9.32. The third-order valence-electron chi connectivity index (χ3n) is 3.39. The molecule has 0 bridgehead atoms. The fraction of sp³-hybridized carbons (Fsp3) is 0.143. The molecule has 1 N–H and O–H groups in total. The lowest BCUT2D eigenvalue weighted by Crippen LogP contribution is -2.09. The predicted molar refractivity (Wildman–Crippen MR) is 97.8 cm³/mol. The minimum atomic E-state index is -0.453. The van der Waals surface area contributed by atoms with Gasteiger partial charge in [0, 0.05) is 0 Å². The van der Waals surface area contributed by atoms with Crippen LogP contribution in [0, 0.1) is 0 Å². The Bertz CT molecular complexity index is 764. The van der Waals surface area contributed by atoms with Crippen molar-refractivity contribution in [1.82, 2.24) is 0 Å². The Morgan fingerprint density at radius 2 is 1.38 bits per heavy atom. The van der Waals surface area contributed by atoms with Crippen molar-refractivity contribution < 1.29 is 24.2 Å². The molecule has 0 saturated carbocycles. The fourth-order valence-corrected chi connectivity index (χ4v) is 2.00. The molecular formula is C21H20O5. The van der Waals surface area contributed by atoms with E-state index in [1.54, 1.807) is 66.8 Å². The Hall–Kier alpha value is -3.18. The molecule has 5 nitrogen and oxygen atoms in total. The average Bonchev–Trinajstić information content (AvgIpc) is 2.71. The van der Waals surface area contributed by atoms with E-state index in [0.29, 0.717) is 16.7 Å². The third kappa shape index (κ3) is 6.37. The van der Waals surface area contributed by atoms with Crippen molar-refractivity contribution in [1.29, 1.82) is 0 Å². The highest BCUT2D eigenvalue weighted by Gasteiger charge is 2.07. The highest BCUT2D eigenvalue weighted by atomic mass is 16.5. The first kappa shape index (κ1) is 19.1.